The maximum atomic E-state index is 13.4. The van der Waals surface area contributed by atoms with Crippen LogP contribution in [0.15, 0.2) is 29.6 Å². The highest BCUT2D eigenvalue weighted by Gasteiger charge is 2.41. The van der Waals surface area contributed by atoms with Gasteiger partial charge in [-0.3, -0.25) is 14.3 Å². The van der Waals surface area contributed by atoms with Crippen molar-refractivity contribution in [3.05, 3.63) is 41.2 Å². The van der Waals surface area contributed by atoms with Gasteiger partial charge in [-0.15, -0.1) is 0 Å². The number of amides is 2. The summed E-state index contributed by atoms with van der Waals surface area (Å²) in [7, 11) is 0. The molecule has 8 nitrogen and oxygen atoms in total. The number of hydrogen-bond donors (Lipinski definition) is 2. The second-order valence-corrected chi connectivity index (χ2v) is 7.49. The van der Waals surface area contributed by atoms with Crippen molar-refractivity contribution in [2.45, 2.75) is 52.4 Å². The third kappa shape index (κ3) is 4.70. The zero-order valence-corrected chi connectivity index (χ0v) is 17.4. The summed E-state index contributed by atoms with van der Waals surface area (Å²) < 4.78 is 41.9. The second-order valence-electron chi connectivity index (χ2n) is 7.49. The van der Waals surface area contributed by atoms with E-state index in [1.165, 1.54) is 19.2 Å². The van der Waals surface area contributed by atoms with Crippen molar-refractivity contribution in [3.8, 4) is 0 Å². The number of alkyl halides is 3. The summed E-state index contributed by atoms with van der Waals surface area (Å²) in [6, 6.07) is 2.67. The van der Waals surface area contributed by atoms with Crippen LogP contribution in [0, 0.1) is 6.92 Å². The minimum Gasteiger partial charge on any atom is -0.379 e. The number of carbonyl (C=O) groups excluding carboxylic acids is 2. The summed E-state index contributed by atoms with van der Waals surface area (Å²) >= 11 is 0. The number of benzene rings is 1. The van der Waals surface area contributed by atoms with Gasteiger partial charge in [0.2, 0.25) is 5.60 Å². The molecule has 1 unspecified atom stereocenters. The lowest BCUT2D eigenvalue weighted by atomic mass is 9.99. The summed E-state index contributed by atoms with van der Waals surface area (Å²) in [4.78, 5) is 30.4. The van der Waals surface area contributed by atoms with Gasteiger partial charge in [0.25, 0.3) is 11.8 Å². The van der Waals surface area contributed by atoms with Gasteiger partial charge in [-0.05, 0) is 45.9 Å². The van der Waals surface area contributed by atoms with Crippen molar-refractivity contribution in [1.29, 1.82) is 0 Å². The van der Waals surface area contributed by atoms with Crippen LogP contribution >= 0.6 is 0 Å². The summed E-state index contributed by atoms with van der Waals surface area (Å²) in [5.74, 6) is -1.43. The van der Waals surface area contributed by atoms with Crippen molar-refractivity contribution >= 4 is 28.9 Å². The highest BCUT2D eigenvalue weighted by molar-refractivity contribution is 6.06. The SMILES string of the molecule is CCn1ncc(NC(=O)c2cc(NC(=O)C3(C)CC(C)=NO3)cc(C(F)(F)F)c2)c1C. The molecule has 2 amide bonds. The van der Waals surface area contributed by atoms with Crippen molar-refractivity contribution in [3.63, 3.8) is 0 Å². The fourth-order valence-corrected chi connectivity index (χ4v) is 3.19. The van der Waals surface area contributed by atoms with E-state index in [9.17, 15) is 22.8 Å². The molecule has 2 N–H and O–H groups in total. The number of hydrogen-bond acceptors (Lipinski definition) is 5. The van der Waals surface area contributed by atoms with Gasteiger partial charge in [0.1, 0.15) is 0 Å². The number of aryl methyl sites for hydroxylation is 1. The van der Waals surface area contributed by atoms with E-state index in [4.69, 9.17) is 4.84 Å². The molecule has 0 saturated carbocycles. The molecule has 0 spiro atoms. The largest absolute Gasteiger partial charge is 0.416 e. The number of rotatable bonds is 5. The van der Waals surface area contributed by atoms with Gasteiger partial charge in [-0.2, -0.15) is 18.3 Å². The summed E-state index contributed by atoms with van der Waals surface area (Å²) in [5, 5.41) is 12.8. The van der Waals surface area contributed by atoms with Gasteiger partial charge in [-0.25, -0.2) is 0 Å². The maximum Gasteiger partial charge on any atom is 0.416 e. The zero-order valence-electron chi connectivity index (χ0n) is 17.4. The standard InChI is InChI=1S/C20H22F3N5O3/c1-5-28-12(3)16(10-24-28)26-17(29)13-6-14(20(21,22)23)8-15(7-13)25-18(30)19(4)9-11(2)27-31-19/h6-8,10H,5,9H2,1-4H3,(H,25,30)(H,26,29). The van der Waals surface area contributed by atoms with Gasteiger partial charge in [0.05, 0.1) is 28.9 Å². The predicted octanol–water partition coefficient (Wildman–Crippen LogP) is 3.98. The van der Waals surface area contributed by atoms with Crippen LogP contribution in [0.5, 0.6) is 0 Å². The Balaban J connectivity index is 1.89. The molecule has 11 heteroatoms. The van der Waals surface area contributed by atoms with Crippen molar-refractivity contribution in [2.75, 3.05) is 10.6 Å². The third-order valence-electron chi connectivity index (χ3n) is 4.91. The molecule has 166 valence electrons. The highest BCUT2D eigenvalue weighted by Crippen LogP contribution is 2.33. The molecule has 1 aliphatic rings. The molecular formula is C20H22F3N5O3. The lowest BCUT2D eigenvalue weighted by molar-refractivity contribution is -0.138. The van der Waals surface area contributed by atoms with E-state index in [1.54, 1.807) is 18.5 Å². The van der Waals surface area contributed by atoms with E-state index in [2.05, 4.69) is 20.9 Å². The van der Waals surface area contributed by atoms with Crippen molar-refractivity contribution in [2.24, 2.45) is 5.16 Å². The Morgan fingerprint density at radius 3 is 2.48 bits per heavy atom. The van der Waals surface area contributed by atoms with Crippen LogP contribution in [0.2, 0.25) is 0 Å². The number of aromatic nitrogens is 2. The monoisotopic (exact) mass is 437 g/mol. The number of carbonyl (C=O) groups is 2. The third-order valence-corrected chi connectivity index (χ3v) is 4.91. The number of anilines is 2. The number of halogens is 3. The molecule has 0 radical (unpaired) electrons. The van der Waals surface area contributed by atoms with Gasteiger partial charge in [0.15, 0.2) is 0 Å². The first-order valence-corrected chi connectivity index (χ1v) is 9.52. The van der Waals surface area contributed by atoms with E-state index in [0.29, 0.717) is 23.6 Å². The van der Waals surface area contributed by atoms with Gasteiger partial charge < -0.3 is 15.5 Å². The van der Waals surface area contributed by atoms with E-state index >= 15 is 0 Å². The van der Waals surface area contributed by atoms with Crippen LogP contribution in [0.4, 0.5) is 24.5 Å². The Morgan fingerprint density at radius 2 is 1.94 bits per heavy atom. The number of nitrogens with zero attached hydrogens (tertiary/aromatic N) is 3. The topological polar surface area (TPSA) is 97.6 Å². The minimum absolute atomic E-state index is 0.180. The van der Waals surface area contributed by atoms with Crippen LogP contribution in [-0.2, 0) is 22.4 Å². The summed E-state index contributed by atoms with van der Waals surface area (Å²) in [6.45, 7) is 7.34. The Hall–Kier alpha value is -3.37. The fraction of sp³-hybridized carbons (Fsp3) is 0.400. The average molecular weight is 437 g/mol. The molecular weight excluding hydrogens is 415 g/mol. The summed E-state index contributed by atoms with van der Waals surface area (Å²) in [6.07, 6.45) is -3.09. The minimum atomic E-state index is -4.72. The van der Waals surface area contributed by atoms with Gasteiger partial charge in [-0.1, -0.05) is 5.16 Å². The molecule has 0 fully saturated rings. The lowest BCUT2D eigenvalue weighted by Gasteiger charge is -2.21. The Labute approximate surface area is 176 Å². The van der Waals surface area contributed by atoms with Gasteiger partial charge >= 0.3 is 6.18 Å². The van der Waals surface area contributed by atoms with E-state index in [0.717, 1.165) is 12.1 Å². The zero-order chi connectivity index (χ0) is 23.0. The molecule has 1 aromatic heterocycles. The molecule has 2 heterocycles. The van der Waals surface area contributed by atoms with Crippen LogP contribution in [-0.4, -0.2) is 32.9 Å². The van der Waals surface area contributed by atoms with Gasteiger partial charge in [0, 0.05) is 24.2 Å². The first kappa shape index (κ1) is 22.3. The fourth-order valence-electron chi connectivity index (χ4n) is 3.19. The molecule has 31 heavy (non-hydrogen) atoms. The quantitative estimate of drug-likeness (QED) is 0.740. The normalized spacial score (nSPS) is 18.4. The second kappa shape index (κ2) is 8.05. The Morgan fingerprint density at radius 1 is 1.23 bits per heavy atom. The molecule has 0 bridgehead atoms. The molecule has 1 atom stereocenters. The Bertz CT molecular complexity index is 1060. The maximum absolute atomic E-state index is 13.4. The van der Waals surface area contributed by atoms with E-state index in [-0.39, 0.29) is 17.7 Å². The van der Waals surface area contributed by atoms with E-state index in [1.807, 2.05) is 6.92 Å². The Kier molecular flexibility index (Phi) is 5.79. The van der Waals surface area contributed by atoms with Crippen LogP contribution in [0.3, 0.4) is 0 Å². The average Bonchev–Trinajstić information content (AvgIpc) is 3.23. The van der Waals surface area contributed by atoms with Crippen molar-refractivity contribution < 1.29 is 27.6 Å². The first-order chi connectivity index (χ1) is 14.4. The predicted molar refractivity (Wildman–Crippen MR) is 108 cm³/mol. The molecule has 0 saturated heterocycles. The summed E-state index contributed by atoms with van der Waals surface area (Å²) in [5.41, 5.74) is -1.22. The lowest BCUT2D eigenvalue weighted by Crippen LogP contribution is -2.40. The molecule has 1 aliphatic heterocycles. The first-order valence-electron chi connectivity index (χ1n) is 9.52. The number of nitrogens with one attached hydrogen (secondary N) is 2. The molecule has 1 aromatic carbocycles. The number of oxime groups is 1. The molecule has 2 aromatic rings. The molecule has 0 aliphatic carbocycles. The molecule has 3 rings (SSSR count). The smallest absolute Gasteiger partial charge is 0.379 e. The van der Waals surface area contributed by atoms with E-state index < -0.39 is 29.2 Å². The van der Waals surface area contributed by atoms with Crippen LogP contribution < -0.4 is 10.6 Å². The highest BCUT2D eigenvalue weighted by atomic mass is 19.4. The van der Waals surface area contributed by atoms with Crippen molar-refractivity contribution in [1.82, 2.24) is 9.78 Å². The van der Waals surface area contributed by atoms with Crippen LogP contribution in [0.1, 0.15) is 48.8 Å². The van der Waals surface area contributed by atoms with Crippen LogP contribution in [0.25, 0.3) is 0 Å².